The first-order valence-corrected chi connectivity index (χ1v) is 9.12. The molecule has 118 valence electrons. The van der Waals surface area contributed by atoms with Crippen molar-refractivity contribution in [2.75, 3.05) is 13.7 Å². The highest BCUT2D eigenvalue weighted by Crippen LogP contribution is 2.31. The molecule has 2 rings (SSSR count). The van der Waals surface area contributed by atoms with E-state index in [1.54, 1.807) is 6.07 Å². The third-order valence-corrected chi connectivity index (χ3v) is 5.41. The van der Waals surface area contributed by atoms with Gasteiger partial charge >= 0.3 is 0 Å². The Hall–Kier alpha value is -1.07. The van der Waals surface area contributed by atoms with Crippen LogP contribution in [0.2, 0.25) is 0 Å². The Bertz CT molecular complexity index is 594. The summed E-state index contributed by atoms with van der Waals surface area (Å²) in [5.41, 5.74) is 2.37. The molecule has 5 heteroatoms. The molecule has 1 aliphatic rings. The first kappa shape index (κ1) is 16.3. The van der Waals surface area contributed by atoms with Crippen molar-refractivity contribution in [2.24, 2.45) is 5.92 Å². The molecule has 0 aliphatic heterocycles. The molecule has 1 N–H and O–H groups in total. The Morgan fingerprint density at radius 1 is 1.19 bits per heavy atom. The van der Waals surface area contributed by atoms with Crippen molar-refractivity contribution in [1.82, 2.24) is 4.72 Å². The topological polar surface area (TPSA) is 55.4 Å². The molecule has 0 heterocycles. The lowest BCUT2D eigenvalue weighted by molar-refractivity contribution is 0.400. The Morgan fingerprint density at radius 2 is 1.81 bits per heavy atom. The number of hydrogen-bond donors (Lipinski definition) is 1. The van der Waals surface area contributed by atoms with E-state index >= 15 is 0 Å². The smallest absolute Gasteiger partial charge is 0.244 e. The third-order valence-electron chi connectivity index (χ3n) is 3.93. The number of benzene rings is 1. The molecule has 0 bridgehead atoms. The first-order chi connectivity index (χ1) is 9.94. The summed E-state index contributed by atoms with van der Waals surface area (Å²) in [7, 11) is -1.98. The zero-order chi connectivity index (χ0) is 15.5. The molecule has 0 amide bonds. The van der Waals surface area contributed by atoms with Crippen LogP contribution in [0.4, 0.5) is 0 Å². The Balaban J connectivity index is 2.28. The number of fused-ring (bicyclic) bond motifs is 1. The van der Waals surface area contributed by atoms with Gasteiger partial charge in [0.25, 0.3) is 0 Å². The number of rotatable bonds is 6. The van der Waals surface area contributed by atoms with Gasteiger partial charge in [-0.3, -0.25) is 0 Å². The van der Waals surface area contributed by atoms with Gasteiger partial charge < -0.3 is 4.74 Å². The summed E-state index contributed by atoms with van der Waals surface area (Å²) in [4.78, 5) is 0.273. The minimum Gasteiger partial charge on any atom is -0.495 e. The number of aryl methyl sites for hydroxylation is 2. The molecule has 21 heavy (non-hydrogen) atoms. The number of sulfonamides is 1. The van der Waals surface area contributed by atoms with Gasteiger partial charge in [-0.1, -0.05) is 13.8 Å². The summed E-state index contributed by atoms with van der Waals surface area (Å²) in [5, 5.41) is 0. The molecule has 0 unspecified atom stereocenters. The molecule has 1 aromatic rings. The van der Waals surface area contributed by atoms with Gasteiger partial charge in [0.1, 0.15) is 10.6 Å². The van der Waals surface area contributed by atoms with E-state index in [1.807, 2.05) is 6.07 Å². The molecular weight excluding hydrogens is 286 g/mol. The molecular formula is C16H25NO3S. The van der Waals surface area contributed by atoms with E-state index in [4.69, 9.17) is 4.74 Å². The van der Waals surface area contributed by atoms with Gasteiger partial charge in [0, 0.05) is 6.54 Å². The van der Waals surface area contributed by atoms with Gasteiger partial charge in [-0.15, -0.1) is 0 Å². The third kappa shape index (κ3) is 3.98. The number of methoxy groups -OCH3 is 1. The maximum atomic E-state index is 12.5. The summed E-state index contributed by atoms with van der Waals surface area (Å²) in [6, 6.07) is 3.69. The zero-order valence-corrected chi connectivity index (χ0v) is 13.9. The van der Waals surface area contributed by atoms with Crippen molar-refractivity contribution in [3.63, 3.8) is 0 Å². The summed E-state index contributed by atoms with van der Waals surface area (Å²) in [5.74, 6) is 0.922. The fourth-order valence-electron chi connectivity index (χ4n) is 2.67. The Labute approximate surface area is 127 Å². The van der Waals surface area contributed by atoms with Crippen LogP contribution >= 0.6 is 0 Å². The molecule has 0 saturated carbocycles. The molecule has 0 saturated heterocycles. The quantitative estimate of drug-likeness (QED) is 0.879. The van der Waals surface area contributed by atoms with Crippen molar-refractivity contribution in [3.8, 4) is 5.75 Å². The Kier molecular flexibility index (Phi) is 5.27. The van der Waals surface area contributed by atoms with Crippen LogP contribution in [0, 0.1) is 5.92 Å². The van der Waals surface area contributed by atoms with Crippen molar-refractivity contribution in [1.29, 1.82) is 0 Å². The zero-order valence-electron chi connectivity index (χ0n) is 13.1. The van der Waals surface area contributed by atoms with E-state index in [0.717, 1.165) is 37.7 Å². The second kappa shape index (κ2) is 6.79. The van der Waals surface area contributed by atoms with E-state index in [1.165, 1.54) is 12.7 Å². The lowest BCUT2D eigenvalue weighted by Gasteiger charge is -2.19. The maximum Gasteiger partial charge on any atom is 0.244 e. The lowest BCUT2D eigenvalue weighted by atomic mass is 9.92. The minimum atomic E-state index is -3.51. The lowest BCUT2D eigenvalue weighted by Crippen LogP contribution is -2.26. The van der Waals surface area contributed by atoms with Gasteiger partial charge in [-0.25, -0.2) is 13.1 Å². The number of hydrogen-bond acceptors (Lipinski definition) is 3. The van der Waals surface area contributed by atoms with E-state index in [0.29, 0.717) is 18.2 Å². The molecule has 0 aromatic heterocycles. The van der Waals surface area contributed by atoms with Gasteiger partial charge in [-0.05, 0) is 61.3 Å². The van der Waals surface area contributed by atoms with Crippen LogP contribution in [0.3, 0.4) is 0 Å². The monoisotopic (exact) mass is 311 g/mol. The maximum absolute atomic E-state index is 12.5. The van der Waals surface area contributed by atoms with Crippen molar-refractivity contribution < 1.29 is 13.2 Å². The standard InChI is InChI=1S/C16H25NO3S/c1-12(2)8-9-17-21(18,19)16-11-14-7-5-4-6-13(14)10-15(16)20-3/h10-12,17H,4-9H2,1-3H3. The largest absolute Gasteiger partial charge is 0.495 e. The molecule has 4 nitrogen and oxygen atoms in total. The van der Waals surface area contributed by atoms with Crippen LogP contribution in [0.1, 0.15) is 44.2 Å². The molecule has 1 aliphatic carbocycles. The summed E-state index contributed by atoms with van der Waals surface area (Å²) in [6.07, 6.45) is 5.07. The van der Waals surface area contributed by atoms with E-state index in [-0.39, 0.29) is 4.90 Å². The van der Waals surface area contributed by atoms with Crippen LogP contribution in [0.15, 0.2) is 17.0 Å². The van der Waals surface area contributed by atoms with Crippen molar-refractivity contribution >= 4 is 10.0 Å². The Morgan fingerprint density at radius 3 is 2.38 bits per heavy atom. The number of nitrogens with one attached hydrogen (secondary N) is 1. The first-order valence-electron chi connectivity index (χ1n) is 7.63. The number of ether oxygens (including phenoxy) is 1. The summed E-state index contributed by atoms with van der Waals surface area (Å²) < 4.78 is 33.0. The molecule has 1 aromatic carbocycles. The normalized spacial score (nSPS) is 15.0. The van der Waals surface area contributed by atoms with E-state index in [2.05, 4.69) is 18.6 Å². The van der Waals surface area contributed by atoms with E-state index < -0.39 is 10.0 Å². The van der Waals surface area contributed by atoms with Gasteiger partial charge in [0.15, 0.2) is 0 Å². The predicted octanol–water partition coefficient (Wildman–Crippen LogP) is 2.90. The average molecular weight is 311 g/mol. The van der Waals surface area contributed by atoms with Crippen LogP contribution < -0.4 is 9.46 Å². The van der Waals surface area contributed by atoms with Crippen LogP contribution in [0.25, 0.3) is 0 Å². The molecule has 0 radical (unpaired) electrons. The second-order valence-corrected chi connectivity index (χ2v) is 7.79. The highest BCUT2D eigenvalue weighted by atomic mass is 32.2. The highest BCUT2D eigenvalue weighted by molar-refractivity contribution is 7.89. The predicted molar refractivity (Wildman–Crippen MR) is 84.3 cm³/mol. The highest BCUT2D eigenvalue weighted by Gasteiger charge is 2.22. The van der Waals surface area contributed by atoms with Crippen LogP contribution in [-0.4, -0.2) is 22.1 Å². The minimum absolute atomic E-state index is 0.273. The summed E-state index contributed by atoms with van der Waals surface area (Å²) in [6.45, 7) is 4.61. The van der Waals surface area contributed by atoms with Crippen molar-refractivity contribution in [2.45, 2.75) is 50.8 Å². The SMILES string of the molecule is COc1cc2c(cc1S(=O)(=O)NCCC(C)C)CCCC2. The van der Waals surface area contributed by atoms with Crippen LogP contribution in [-0.2, 0) is 22.9 Å². The second-order valence-electron chi connectivity index (χ2n) is 6.06. The molecule has 0 fully saturated rings. The molecule has 0 atom stereocenters. The van der Waals surface area contributed by atoms with Gasteiger partial charge in [0.05, 0.1) is 7.11 Å². The summed E-state index contributed by atoms with van der Waals surface area (Å²) >= 11 is 0. The van der Waals surface area contributed by atoms with Gasteiger partial charge in [-0.2, -0.15) is 0 Å². The van der Waals surface area contributed by atoms with E-state index in [9.17, 15) is 8.42 Å². The average Bonchev–Trinajstić information content (AvgIpc) is 2.45. The fraction of sp³-hybridized carbons (Fsp3) is 0.625. The fourth-order valence-corrected chi connectivity index (χ4v) is 3.92. The van der Waals surface area contributed by atoms with Crippen LogP contribution in [0.5, 0.6) is 5.75 Å². The van der Waals surface area contributed by atoms with Gasteiger partial charge in [0.2, 0.25) is 10.0 Å². The van der Waals surface area contributed by atoms with Crippen molar-refractivity contribution in [3.05, 3.63) is 23.3 Å². The molecule has 0 spiro atoms.